The molecule has 0 aromatic carbocycles. The van der Waals surface area contributed by atoms with E-state index in [4.69, 9.17) is 9.26 Å². The number of pyridine rings is 1. The van der Waals surface area contributed by atoms with Gasteiger partial charge < -0.3 is 14.6 Å². The Morgan fingerprint density at radius 2 is 2.12 bits per heavy atom. The Morgan fingerprint density at radius 3 is 2.73 bits per heavy atom. The Labute approximate surface area is 152 Å². The molecule has 0 amide bonds. The second kappa shape index (κ2) is 6.55. The molecule has 7 heteroatoms. The van der Waals surface area contributed by atoms with E-state index in [9.17, 15) is 4.79 Å². The summed E-state index contributed by atoms with van der Waals surface area (Å²) in [5, 5.41) is 7.30. The Bertz CT molecular complexity index is 814. The lowest BCUT2D eigenvalue weighted by Crippen LogP contribution is -2.46. The van der Waals surface area contributed by atoms with E-state index in [0.717, 1.165) is 18.4 Å². The van der Waals surface area contributed by atoms with E-state index in [2.05, 4.69) is 20.4 Å². The number of hydrogen-bond acceptors (Lipinski definition) is 7. The molecule has 1 saturated carbocycles. The molecule has 0 bridgehead atoms. The van der Waals surface area contributed by atoms with Crippen molar-refractivity contribution in [3.05, 3.63) is 29.3 Å². The van der Waals surface area contributed by atoms with E-state index in [1.54, 1.807) is 6.20 Å². The van der Waals surface area contributed by atoms with Gasteiger partial charge in [0.2, 0.25) is 11.7 Å². The van der Waals surface area contributed by atoms with Crippen molar-refractivity contribution >= 4 is 5.78 Å². The highest BCUT2D eigenvalue weighted by molar-refractivity contribution is 6.02. The fourth-order valence-electron chi connectivity index (χ4n) is 3.07. The summed E-state index contributed by atoms with van der Waals surface area (Å²) in [6, 6.07) is 1.50. The number of ketones is 1. The van der Waals surface area contributed by atoms with Crippen molar-refractivity contribution in [1.29, 1.82) is 0 Å². The number of morpholine rings is 1. The van der Waals surface area contributed by atoms with Gasteiger partial charge in [-0.1, -0.05) is 25.9 Å². The van der Waals surface area contributed by atoms with Crippen molar-refractivity contribution < 1.29 is 14.1 Å². The summed E-state index contributed by atoms with van der Waals surface area (Å²) in [5.41, 5.74) is 2.04. The zero-order chi connectivity index (χ0) is 18.3. The topological polar surface area (TPSA) is 90.1 Å². The van der Waals surface area contributed by atoms with Crippen LogP contribution in [0.3, 0.4) is 0 Å². The van der Waals surface area contributed by atoms with Gasteiger partial charge in [0.25, 0.3) is 0 Å². The molecule has 1 unspecified atom stereocenters. The Balaban J connectivity index is 1.69. The molecule has 2 fully saturated rings. The van der Waals surface area contributed by atoms with Crippen molar-refractivity contribution in [2.24, 2.45) is 0 Å². The van der Waals surface area contributed by atoms with Crippen LogP contribution in [-0.4, -0.2) is 46.7 Å². The maximum atomic E-state index is 13.1. The molecule has 2 aromatic rings. The molecule has 138 valence electrons. The van der Waals surface area contributed by atoms with Gasteiger partial charge in [-0.3, -0.25) is 9.78 Å². The van der Waals surface area contributed by atoms with Crippen molar-refractivity contribution in [3.8, 4) is 11.5 Å². The molecule has 0 spiro atoms. The van der Waals surface area contributed by atoms with Gasteiger partial charge in [0.05, 0.1) is 19.3 Å². The van der Waals surface area contributed by atoms with Gasteiger partial charge in [0.15, 0.2) is 5.78 Å². The number of nitrogens with one attached hydrogen (secondary N) is 1. The van der Waals surface area contributed by atoms with E-state index < -0.39 is 0 Å². The molecule has 3 heterocycles. The maximum absolute atomic E-state index is 13.1. The molecule has 26 heavy (non-hydrogen) atoms. The molecule has 2 aliphatic rings. The first-order valence-corrected chi connectivity index (χ1v) is 9.13. The minimum absolute atomic E-state index is 0.0507. The van der Waals surface area contributed by atoms with E-state index in [1.807, 2.05) is 26.8 Å². The second-order valence-electron chi connectivity index (χ2n) is 8.05. The normalized spacial score (nSPS) is 21.0. The standard InChI is InChI=1S/C19H24N4O3/c1-19(2,3)18-22-17(23-26-18)14-8-12(13(9-21-14)11-4-5-11)16(24)15-10-25-7-6-20-15/h8-9,11,15,20H,4-7,10H2,1-3H3. The lowest BCUT2D eigenvalue weighted by molar-refractivity contribution is 0.0607. The summed E-state index contributed by atoms with van der Waals surface area (Å²) in [6.45, 7) is 7.76. The second-order valence-corrected chi connectivity index (χ2v) is 8.05. The van der Waals surface area contributed by atoms with Crippen LogP contribution >= 0.6 is 0 Å². The van der Waals surface area contributed by atoms with E-state index in [-0.39, 0.29) is 17.2 Å². The number of nitrogens with zero attached hydrogens (tertiary/aromatic N) is 3. The smallest absolute Gasteiger partial charge is 0.232 e. The highest BCUT2D eigenvalue weighted by Gasteiger charge is 2.32. The predicted molar refractivity (Wildman–Crippen MR) is 95.1 cm³/mol. The summed E-state index contributed by atoms with van der Waals surface area (Å²) in [4.78, 5) is 22.0. The average Bonchev–Trinajstić information content (AvgIpc) is 3.35. The number of aromatic nitrogens is 3. The van der Waals surface area contributed by atoms with E-state index >= 15 is 0 Å². The van der Waals surface area contributed by atoms with Crippen LogP contribution in [0.5, 0.6) is 0 Å². The average molecular weight is 356 g/mol. The molecule has 7 nitrogen and oxygen atoms in total. The highest BCUT2D eigenvalue weighted by atomic mass is 16.5. The van der Waals surface area contributed by atoms with Gasteiger partial charge in [-0.15, -0.1) is 0 Å². The largest absolute Gasteiger partial charge is 0.378 e. The van der Waals surface area contributed by atoms with E-state index in [1.165, 1.54) is 0 Å². The minimum Gasteiger partial charge on any atom is -0.378 e. The molecular weight excluding hydrogens is 332 g/mol. The third-order valence-electron chi connectivity index (χ3n) is 4.75. The Morgan fingerprint density at radius 1 is 1.31 bits per heavy atom. The van der Waals surface area contributed by atoms with Crippen molar-refractivity contribution in [1.82, 2.24) is 20.4 Å². The predicted octanol–water partition coefficient (Wildman–Crippen LogP) is 2.48. The van der Waals surface area contributed by atoms with Gasteiger partial charge in [-0.05, 0) is 30.4 Å². The summed E-state index contributed by atoms with van der Waals surface area (Å²) in [6.07, 6.45) is 4.01. The van der Waals surface area contributed by atoms with Crippen molar-refractivity contribution in [3.63, 3.8) is 0 Å². The number of Topliss-reactive ketones (excluding diaryl/α,β-unsaturated/α-hetero) is 1. The first-order chi connectivity index (χ1) is 12.4. The molecule has 1 N–H and O–H groups in total. The fraction of sp³-hybridized carbons (Fsp3) is 0.579. The van der Waals surface area contributed by atoms with Crippen molar-refractivity contribution in [2.75, 3.05) is 19.8 Å². The van der Waals surface area contributed by atoms with Crippen LogP contribution in [0.25, 0.3) is 11.5 Å². The zero-order valence-electron chi connectivity index (χ0n) is 15.4. The number of rotatable bonds is 4. The molecule has 1 atom stereocenters. The van der Waals surface area contributed by atoms with Crippen LogP contribution in [0.15, 0.2) is 16.8 Å². The summed E-state index contributed by atoms with van der Waals surface area (Å²) in [5.74, 6) is 1.44. The third-order valence-corrected chi connectivity index (χ3v) is 4.75. The van der Waals surface area contributed by atoms with Gasteiger partial charge in [-0.25, -0.2) is 0 Å². The Hall–Kier alpha value is -2.12. The van der Waals surface area contributed by atoms with Crippen LogP contribution in [0.4, 0.5) is 0 Å². The van der Waals surface area contributed by atoms with Crippen LogP contribution in [-0.2, 0) is 10.2 Å². The molecule has 2 aromatic heterocycles. The van der Waals surface area contributed by atoms with Gasteiger partial charge in [0, 0.05) is 23.7 Å². The summed E-state index contributed by atoms with van der Waals surface area (Å²) < 4.78 is 10.8. The number of hydrogen-bond donors (Lipinski definition) is 1. The van der Waals surface area contributed by atoms with Crippen LogP contribution in [0.1, 0.15) is 61.3 Å². The van der Waals surface area contributed by atoms with Crippen LogP contribution < -0.4 is 5.32 Å². The monoisotopic (exact) mass is 356 g/mol. The van der Waals surface area contributed by atoms with Gasteiger partial charge in [-0.2, -0.15) is 4.98 Å². The highest BCUT2D eigenvalue weighted by Crippen LogP contribution is 2.42. The molecule has 0 radical (unpaired) electrons. The zero-order valence-corrected chi connectivity index (χ0v) is 15.4. The summed E-state index contributed by atoms with van der Waals surface area (Å²) in [7, 11) is 0. The third kappa shape index (κ3) is 3.41. The number of carbonyl (C=O) groups is 1. The molecule has 4 rings (SSSR count). The van der Waals surface area contributed by atoms with Gasteiger partial charge >= 0.3 is 0 Å². The summed E-state index contributed by atoms with van der Waals surface area (Å²) >= 11 is 0. The molecule has 1 aliphatic carbocycles. The first-order valence-electron chi connectivity index (χ1n) is 9.13. The number of carbonyl (C=O) groups excluding carboxylic acids is 1. The van der Waals surface area contributed by atoms with Gasteiger partial charge in [0.1, 0.15) is 5.69 Å². The van der Waals surface area contributed by atoms with Crippen LogP contribution in [0.2, 0.25) is 0 Å². The van der Waals surface area contributed by atoms with E-state index in [0.29, 0.717) is 48.6 Å². The maximum Gasteiger partial charge on any atom is 0.232 e. The molecular formula is C19H24N4O3. The number of ether oxygens (including phenoxy) is 1. The minimum atomic E-state index is -0.313. The lowest BCUT2D eigenvalue weighted by atomic mass is 9.96. The quantitative estimate of drug-likeness (QED) is 0.842. The molecule has 1 saturated heterocycles. The SMILES string of the molecule is CC(C)(C)c1nc(-c2cc(C(=O)C3COCCN3)c(C3CC3)cn2)no1. The molecule has 1 aliphatic heterocycles. The Kier molecular flexibility index (Phi) is 4.36. The first kappa shape index (κ1) is 17.3. The lowest BCUT2D eigenvalue weighted by Gasteiger charge is -2.23. The fourth-order valence-corrected chi connectivity index (χ4v) is 3.07. The van der Waals surface area contributed by atoms with Crippen molar-refractivity contribution in [2.45, 2.75) is 51.0 Å². The van der Waals surface area contributed by atoms with Crippen LogP contribution in [0, 0.1) is 0 Å².